The van der Waals surface area contributed by atoms with Gasteiger partial charge >= 0.3 is 0 Å². The number of ether oxygens (including phenoxy) is 1. The van der Waals surface area contributed by atoms with Crippen LogP contribution in [0.1, 0.15) is 25.3 Å². The fourth-order valence-corrected chi connectivity index (χ4v) is 2.16. The number of hydrogen-bond acceptors (Lipinski definition) is 4. The highest BCUT2D eigenvalue weighted by atomic mass is 19.1. The Labute approximate surface area is 114 Å². The van der Waals surface area contributed by atoms with Crippen molar-refractivity contribution in [3.8, 4) is 0 Å². The van der Waals surface area contributed by atoms with Gasteiger partial charge in [0.15, 0.2) is 0 Å². The molecule has 1 heterocycles. The highest BCUT2D eigenvalue weighted by molar-refractivity contribution is 5.49. The molecule has 0 unspecified atom stereocenters. The van der Waals surface area contributed by atoms with Gasteiger partial charge in [-0.1, -0.05) is 6.92 Å². The van der Waals surface area contributed by atoms with E-state index >= 15 is 0 Å². The molecule has 0 spiro atoms. The molecular formula is C14H22FN3O. The molecule has 106 valence electrons. The van der Waals surface area contributed by atoms with Gasteiger partial charge in [0.25, 0.3) is 0 Å². The minimum Gasteiger partial charge on any atom is -0.383 e. The Morgan fingerprint density at radius 3 is 2.95 bits per heavy atom. The molecule has 19 heavy (non-hydrogen) atoms. The molecule has 0 bridgehead atoms. The van der Waals surface area contributed by atoms with Gasteiger partial charge in [0.05, 0.1) is 12.8 Å². The number of anilines is 1. The summed E-state index contributed by atoms with van der Waals surface area (Å²) < 4.78 is 18.5. The molecule has 1 aliphatic carbocycles. The average Bonchev–Trinajstić information content (AvgIpc) is 3.23. The van der Waals surface area contributed by atoms with E-state index in [0.717, 1.165) is 24.5 Å². The van der Waals surface area contributed by atoms with E-state index in [0.29, 0.717) is 19.2 Å². The molecule has 0 saturated heterocycles. The minimum absolute atomic E-state index is 0.279. The second kappa shape index (κ2) is 6.82. The first kappa shape index (κ1) is 14.2. The molecule has 4 nitrogen and oxygen atoms in total. The summed E-state index contributed by atoms with van der Waals surface area (Å²) in [7, 11) is 1.70. The van der Waals surface area contributed by atoms with Crippen LogP contribution in [0.5, 0.6) is 0 Å². The maximum absolute atomic E-state index is 13.4. The average molecular weight is 267 g/mol. The molecule has 0 aromatic carbocycles. The van der Waals surface area contributed by atoms with Crippen molar-refractivity contribution in [3.63, 3.8) is 0 Å². The Morgan fingerprint density at radius 2 is 2.32 bits per heavy atom. The fourth-order valence-electron chi connectivity index (χ4n) is 2.16. The van der Waals surface area contributed by atoms with Crippen molar-refractivity contribution in [1.82, 2.24) is 10.3 Å². The summed E-state index contributed by atoms with van der Waals surface area (Å²) in [5.74, 6) is 0.612. The van der Waals surface area contributed by atoms with E-state index in [1.807, 2.05) is 6.92 Å². The molecule has 0 atom stereocenters. The lowest BCUT2D eigenvalue weighted by Gasteiger charge is -2.25. The van der Waals surface area contributed by atoms with E-state index in [1.165, 1.54) is 19.0 Å². The number of nitrogens with zero attached hydrogens (tertiary/aromatic N) is 2. The molecule has 5 heteroatoms. The molecule has 1 aromatic heterocycles. The Balaban J connectivity index is 2.18. The molecular weight excluding hydrogens is 245 g/mol. The van der Waals surface area contributed by atoms with Gasteiger partial charge in [-0.25, -0.2) is 9.37 Å². The van der Waals surface area contributed by atoms with E-state index in [9.17, 15) is 4.39 Å². The monoisotopic (exact) mass is 267 g/mol. The number of pyridine rings is 1. The topological polar surface area (TPSA) is 37.4 Å². The second-order valence-electron chi connectivity index (χ2n) is 4.83. The summed E-state index contributed by atoms with van der Waals surface area (Å²) in [5.41, 5.74) is 0.921. The van der Waals surface area contributed by atoms with E-state index < -0.39 is 0 Å². The van der Waals surface area contributed by atoms with E-state index in [-0.39, 0.29) is 5.82 Å². The van der Waals surface area contributed by atoms with Crippen molar-refractivity contribution in [3.05, 3.63) is 23.6 Å². The van der Waals surface area contributed by atoms with Crippen LogP contribution in [-0.2, 0) is 11.3 Å². The Hall–Kier alpha value is -1.20. The van der Waals surface area contributed by atoms with Crippen LogP contribution in [-0.4, -0.2) is 37.8 Å². The first-order chi connectivity index (χ1) is 9.26. The molecule has 1 aromatic rings. The molecule has 0 radical (unpaired) electrons. The molecule has 1 N–H and O–H groups in total. The number of nitrogens with one attached hydrogen (secondary N) is 1. The summed E-state index contributed by atoms with van der Waals surface area (Å²) in [6, 6.07) is 2.11. The first-order valence-electron chi connectivity index (χ1n) is 6.87. The van der Waals surface area contributed by atoms with Crippen LogP contribution in [0.4, 0.5) is 10.2 Å². The van der Waals surface area contributed by atoms with Gasteiger partial charge in [-0.3, -0.25) is 0 Å². The van der Waals surface area contributed by atoms with Crippen molar-refractivity contribution in [2.75, 3.05) is 31.7 Å². The van der Waals surface area contributed by atoms with Crippen LogP contribution in [0, 0.1) is 5.82 Å². The van der Waals surface area contributed by atoms with Gasteiger partial charge in [0, 0.05) is 31.8 Å². The quantitative estimate of drug-likeness (QED) is 0.781. The largest absolute Gasteiger partial charge is 0.383 e. The Bertz CT molecular complexity index is 410. The normalized spacial score (nSPS) is 14.7. The molecule has 1 saturated carbocycles. The third kappa shape index (κ3) is 3.88. The second-order valence-corrected chi connectivity index (χ2v) is 4.83. The molecule has 1 fully saturated rings. The van der Waals surface area contributed by atoms with E-state index in [2.05, 4.69) is 15.2 Å². The number of rotatable bonds is 8. The van der Waals surface area contributed by atoms with Crippen LogP contribution in [0.25, 0.3) is 0 Å². The highest BCUT2D eigenvalue weighted by Crippen LogP contribution is 2.32. The van der Waals surface area contributed by atoms with Crippen molar-refractivity contribution in [1.29, 1.82) is 0 Å². The summed E-state index contributed by atoms with van der Waals surface area (Å²) in [6.45, 7) is 5.01. The van der Waals surface area contributed by atoms with E-state index in [1.54, 1.807) is 13.2 Å². The molecule has 0 amide bonds. The molecule has 2 rings (SSSR count). The third-order valence-electron chi connectivity index (χ3n) is 3.27. The predicted molar refractivity (Wildman–Crippen MR) is 73.8 cm³/mol. The summed E-state index contributed by atoms with van der Waals surface area (Å²) in [5, 5.41) is 3.24. The predicted octanol–water partition coefficient (Wildman–Crippen LogP) is 1.95. The smallest absolute Gasteiger partial charge is 0.141 e. The van der Waals surface area contributed by atoms with Gasteiger partial charge in [0.2, 0.25) is 0 Å². The van der Waals surface area contributed by atoms with Gasteiger partial charge in [0.1, 0.15) is 11.6 Å². The number of aromatic nitrogens is 1. The summed E-state index contributed by atoms with van der Waals surface area (Å²) in [4.78, 5) is 6.55. The van der Waals surface area contributed by atoms with Crippen LogP contribution in [0.15, 0.2) is 12.3 Å². The van der Waals surface area contributed by atoms with Gasteiger partial charge in [-0.15, -0.1) is 0 Å². The fraction of sp³-hybridized carbons (Fsp3) is 0.643. The Morgan fingerprint density at radius 1 is 1.53 bits per heavy atom. The number of halogens is 1. The maximum Gasteiger partial charge on any atom is 0.141 e. The molecule has 1 aliphatic rings. The van der Waals surface area contributed by atoms with Gasteiger partial charge in [-0.05, 0) is 25.5 Å². The Kier molecular flexibility index (Phi) is 5.10. The lowest BCUT2D eigenvalue weighted by molar-refractivity contribution is 0.204. The zero-order chi connectivity index (χ0) is 13.7. The van der Waals surface area contributed by atoms with Gasteiger partial charge < -0.3 is 15.0 Å². The van der Waals surface area contributed by atoms with Crippen molar-refractivity contribution < 1.29 is 9.13 Å². The van der Waals surface area contributed by atoms with Crippen molar-refractivity contribution >= 4 is 5.82 Å². The third-order valence-corrected chi connectivity index (χ3v) is 3.27. The summed E-state index contributed by atoms with van der Waals surface area (Å²) >= 11 is 0. The standard InChI is InChI=1S/C14H22FN3O/c1-3-16-9-11-8-12(15)10-17-14(11)18(6-7-19-2)13-4-5-13/h8,10,13,16H,3-7,9H2,1-2H3. The maximum atomic E-state index is 13.4. The minimum atomic E-state index is -0.279. The summed E-state index contributed by atoms with van der Waals surface area (Å²) in [6.07, 6.45) is 3.67. The van der Waals surface area contributed by atoms with Crippen LogP contribution < -0.4 is 10.2 Å². The highest BCUT2D eigenvalue weighted by Gasteiger charge is 2.31. The van der Waals surface area contributed by atoms with Gasteiger partial charge in [-0.2, -0.15) is 0 Å². The van der Waals surface area contributed by atoms with Crippen LogP contribution in [0.3, 0.4) is 0 Å². The first-order valence-corrected chi connectivity index (χ1v) is 6.87. The lowest BCUT2D eigenvalue weighted by atomic mass is 10.2. The van der Waals surface area contributed by atoms with Crippen molar-refractivity contribution in [2.45, 2.75) is 32.4 Å². The SMILES string of the molecule is CCNCc1cc(F)cnc1N(CCOC)C1CC1. The zero-order valence-electron chi connectivity index (χ0n) is 11.7. The lowest BCUT2D eigenvalue weighted by Crippen LogP contribution is -2.32. The van der Waals surface area contributed by atoms with Crippen LogP contribution in [0.2, 0.25) is 0 Å². The number of methoxy groups -OCH3 is 1. The van der Waals surface area contributed by atoms with Crippen molar-refractivity contribution in [2.24, 2.45) is 0 Å². The number of hydrogen-bond donors (Lipinski definition) is 1. The molecule has 0 aliphatic heterocycles. The van der Waals surface area contributed by atoms with Crippen LogP contribution >= 0.6 is 0 Å². The van der Waals surface area contributed by atoms with E-state index in [4.69, 9.17) is 4.74 Å². The zero-order valence-corrected chi connectivity index (χ0v) is 11.7.